The zero-order valence-corrected chi connectivity index (χ0v) is 32.1. The lowest BCUT2D eigenvalue weighted by atomic mass is 9.99. The van der Waals surface area contributed by atoms with Gasteiger partial charge in [-0.05, 0) is 35.6 Å². The maximum atomic E-state index is 13.9. The normalized spacial score (nSPS) is 11.2. The van der Waals surface area contributed by atoms with E-state index in [0.717, 1.165) is 23.4 Å². The fourth-order valence-electron chi connectivity index (χ4n) is 6.45. The first kappa shape index (κ1) is 39.4. The Morgan fingerprint density at radius 3 is 2.09 bits per heavy atom. The van der Waals surface area contributed by atoms with E-state index in [1.165, 1.54) is 6.07 Å². The Morgan fingerprint density at radius 2 is 1.38 bits per heavy atom. The number of carbonyl (C=O) groups excluding carboxylic acids is 3. The Balaban J connectivity index is 1.19. The summed E-state index contributed by atoms with van der Waals surface area (Å²) in [6.07, 6.45) is 1.35. The van der Waals surface area contributed by atoms with Gasteiger partial charge in [0.15, 0.2) is 11.5 Å². The van der Waals surface area contributed by atoms with Gasteiger partial charge in [-0.3, -0.25) is 4.79 Å². The van der Waals surface area contributed by atoms with E-state index in [0.29, 0.717) is 65.0 Å². The van der Waals surface area contributed by atoms with Crippen LogP contribution < -0.4 is 4.72 Å². The van der Waals surface area contributed by atoms with Crippen LogP contribution in [0.1, 0.15) is 74.9 Å². The van der Waals surface area contributed by atoms with Crippen LogP contribution in [0.25, 0.3) is 11.1 Å². The molecule has 6 aromatic rings. The molecule has 0 saturated heterocycles. The monoisotopic (exact) mass is 769 g/mol. The average Bonchev–Trinajstić information content (AvgIpc) is 3.57. The molecule has 6 rings (SSSR count). The Morgan fingerprint density at radius 1 is 0.714 bits per heavy atom. The SMILES string of the molecule is CCCc1nc(CC)c(C(=O)OCc2ccccc2C(=O)c2ccccc2)n1Cc1ccc(-c2ccccc2S(=O)(=O)NC(=O)OCCc2ccccc2)cc1. The number of nitrogens with zero attached hydrogens (tertiary/aromatic N) is 2. The van der Waals surface area contributed by atoms with E-state index in [2.05, 4.69) is 0 Å². The summed E-state index contributed by atoms with van der Waals surface area (Å²) in [5, 5.41) is 0. The van der Waals surface area contributed by atoms with Crippen LogP contribution in [0.15, 0.2) is 138 Å². The number of aromatic nitrogens is 2. The minimum Gasteiger partial charge on any atom is -0.456 e. The second kappa shape index (κ2) is 18.3. The van der Waals surface area contributed by atoms with Crippen LogP contribution in [0.2, 0.25) is 0 Å². The molecule has 0 unspecified atom stereocenters. The predicted molar refractivity (Wildman–Crippen MR) is 214 cm³/mol. The first-order valence-corrected chi connectivity index (χ1v) is 20.0. The van der Waals surface area contributed by atoms with Gasteiger partial charge in [-0.1, -0.05) is 141 Å². The lowest BCUT2D eigenvalue weighted by Gasteiger charge is -2.15. The molecule has 11 heteroatoms. The number of esters is 1. The molecule has 0 spiro atoms. The standard InChI is InChI=1S/C45H43N3O7S/c1-3-15-41-46-39(4-2)42(44(50)55-31-36-20-11-12-22-38(36)43(49)35-18-9-6-10-19-35)48(41)30-33-24-26-34(27-25-33)37-21-13-14-23-40(37)56(52,53)47-45(51)54-29-28-32-16-7-5-8-17-32/h5-14,16-27H,3-4,15,28-31H2,1-2H3,(H,47,51). The van der Waals surface area contributed by atoms with Crippen molar-refractivity contribution >= 4 is 27.9 Å². The van der Waals surface area contributed by atoms with Crippen LogP contribution in [0, 0.1) is 0 Å². The van der Waals surface area contributed by atoms with Crippen LogP contribution >= 0.6 is 0 Å². The smallest absolute Gasteiger partial charge is 0.421 e. The minimum atomic E-state index is -4.27. The van der Waals surface area contributed by atoms with E-state index in [4.69, 9.17) is 14.5 Å². The Bertz CT molecular complexity index is 2410. The molecule has 0 atom stereocenters. The zero-order chi connectivity index (χ0) is 39.5. The van der Waals surface area contributed by atoms with E-state index in [-0.39, 0.29) is 23.9 Å². The number of imidazole rings is 1. The van der Waals surface area contributed by atoms with Crippen molar-refractivity contribution in [1.29, 1.82) is 0 Å². The number of ketones is 1. The van der Waals surface area contributed by atoms with Crippen molar-refractivity contribution < 1.29 is 32.3 Å². The van der Waals surface area contributed by atoms with Gasteiger partial charge in [0.1, 0.15) is 12.4 Å². The summed E-state index contributed by atoms with van der Waals surface area (Å²) in [7, 11) is -4.27. The molecule has 1 N–H and O–H groups in total. The summed E-state index contributed by atoms with van der Waals surface area (Å²) >= 11 is 0. The van der Waals surface area contributed by atoms with Crippen molar-refractivity contribution in [3.8, 4) is 11.1 Å². The lowest BCUT2D eigenvalue weighted by Crippen LogP contribution is -2.32. The number of amides is 1. The van der Waals surface area contributed by atoms with Crippen LogP contribution in [-0.4, -0.2) is 42.4 Å². The lowest BCUT2D eigenvalue weighted by molar-refractivity contribution is 0.0456. The van der Waals surface area contributed by atoms with E-state index in [1.54, 1.807) is 60.7 Å². The molecule has 0 aliphatic rings. The molecular weight excluding hydrogens is 727 g/mol. The molecule has 56 heavy (non-hydrogen) atoms. The van der Waals surface area contributed by atoms with E-state index in [1.807, 2.05) is 89.9 Å². The second-order valence-corrected chi connectivity index (χ2v) is 14.8. The van der Waals surface area contributed by atoms with Crippen molar-refractivity contribution in [2.24, 2.45) is 0 Å². The molecule has 286 valence electrons. The first-order valence-electron chi connectivity index (χ1n) is 18.5. The largest absolute Gasteiger partial charge is 0.456 e. The van der Waals surface area contributed by atoms with Crippen molar-refractivity contribution in [3.63, 3.8) is 0 Å². The van der Waals surface area contributed by atoms with Gasteiger partial charge in [0, 0.05) is 41.6 Å². The third-order valence-electron chi connectivity index (χ3n) is 9.24. The van der Waals surface area contributed by atoms with Crippen LogP contribution in [0.4, 0.5) is 4.79 Å². The predicted octanol–water partition coefficient (Wildman–Crippen LogP) is 8.36. The van der Waals surface area contributed by atoms with Gasteiger partial charge in [-0.25, -0.2) is 27.7 Å². The molecule has 0 saturated carbocycles. The van der Waals surface area contributed by atoms with Gasteiger partial charge >= 0.3 is 12.1 Å². The van der Waals surface area contributed by atoms with E-state index >= 15 is 0 Å². The molecule has 0 fully saturated rings. The number of nitrogens with one attached hydrogen (secondary N) is 1. The number of aryl methyl sites for hydroxylation is 2. The molecule has 1 amide bonds. The highest BCUT2D eigenvalue weighted by Crippen LogP contribution is 2.28. The molecule has 1 aromatic heterocycles. The summed E-state index contributed by atoms with van der Waals surface area (Å²) in [6, 6.07) is 39.3. The second-order valence-electron chi connectivity index (χ2n) is 13.1. The Labute approximate surface area is 327 Å². The van der Waals surface area contributed by atoms with Crippen molar-refractivity contribution in [2.45, 2.75) is 57.6 Å². The number of hydrogen-bond acceptors (Lipinski definition) is 8. The quantitative estimate of drug-likeness (QED) is 0.0767. The fourth-order valence-corrected chi connectivity index (χ4v) is 7.57. The number of rotatable bonds is 16. The first-order chi connectivity index (χ1) is 27.2. The third-order valence-corrected chi connectivity index (χ3v) is 10.6. The summed E-state index contributed by atoms with van der Waals surface area (Å²) in [4.78, 5) is 44.5. The topological polar surface area (TPSA) is 134 Å². The number of benzene rings is 5. The highest BCUT2D eigenvalue weighted by atomic mass is 32.2. The number of carbonyl (C=O) groups is 3. The Kier molecular flexibility index (Phi) is 12.9. The number of hydrogen-bond donors (Lipinski definition) is 1. The molecule has 0 bridgehead atoms. The molecule has 1 heterocycles. The molecule has 0 aliphatic heterocycles. The molecule has 0 radical (unpaired) electrons. The number of sulfonamides is 1. The zero-order valence-electron chi connectivity index (χ0n) is 31.3. The van der Waals surface area contributed by atoms with Crippen LogP contribution in [0.3, 0.4) is 0 Å². The molecule has 5 aromatic carbocycles. The Hall–Kier alpha value is -6.33. The van der Waals surface area contributed by atoms with Gasteiger partial charge in [0.2, 0.25) is 0 Å². The van der Waals surface area contributed by atoms with Crippen molar-refractivity contribution in [3.05, 3.63) is 178 Å². The molecule has 10 nitrogen and oxygen atoms in total. The summed E-state index contributed by atoms with van der Waals surface area (Å²) < 4.78 is 41.8. The third kappa shape index (κ3) is 9.48. The van der Waals surface area contributed by atoms with Crippen LogP contribution in [0.5, 0.6) is 0 Å². The highest BCUT2D eigenvalue weighted by molar-refractivity contribution is 7.90. The van der Waals surface area contributed by atoms with Crippen molar-refractivity contribution in [2.75, 3.05) is 6.61 Å². The van der Waals surface area contributed by atoms with Crippen LogP contribution in [-0.2, 0) is 51.9 Å². The maximum Gasteiger partial charge on any atom is 0.421 e. The summed E-state index contributed by atoms with van der Waals surface area (Å²) in [5.74, 6) is 0.0532. The van der Waals surface area contributed by atoms with Gasteiger partial charge in [0.25, 0.3) is 10.0 Å². The fraction of sp³-hybridized carbons (Fsp3) is 0.200. The van der Waals surface area contributed by atoms with Crippen molar-refractivity contribution in [1.82, 2.24) is 14.3 Å². The van der Waals surface area contributed by atoms with Gasteiger partial charge in [-0.15, -0.1) is 0 Å². The maximum absolute atomic E-state index is 13.9. The highest BCUT2D eigenvalue weighted by Gasteiger charge is 2.25. The van der Waals surface area contributed by atoms with Gasteiger partial charge in [-0.2, -0.15) is 0 Å². The molecule has 0 aliphatic carbocycles. The summed E-state index contributed by atoms with van der Waals surface area (Å²) in [6.45, 7) is 4.22. The van der Waals surface area contributed by atoms with Gasteiger partial charge < -0.3 is 14.0 Å². The average molecular weight is 770 g/mol. The van der Waals surface area contributed by atoms with E-state index < -0.39 is 22.1 Å². The van der Waals surface area contributed by atoms with Gasteiger partial charge in [0.05, 0.1) is 17.2 Å². The number of ether oxygens (including phenoxy) is 2. The molecular formula is C45H43N3O7S. The summed E-state index contributed by atoms with van der Waals surface area (Å²) in [5.41, 5.74) is 5.41. The minimum absolute atomic E-state index is 0.0221. The van der Waals surface area contributed by atoms with E-state index in [9.17, 15) is 22.8 Å².